The number of sulfone groups is 1. The summed E-state index contributed by atoms with van der Waals surface area (Å²) in [7, 11) is -3.14. The zero-order valence-corrected chi connectivity index (χ0v) is 12.5. The predicted molar refractivity (Wildman–Crippen MR) is 75.7 cm³/mol. The molecule has 0 aromatic heterocycles. The van der Waals surface area contributed by atoms with Crippen LogP contribution in [0.1, 0.15) is 25.8 Å². The van der Waals surface area contributed by atoms with Crippen LogP contribution in [-0.2, 0) is 21.1 Å². The number of hydrogen-bond acceptors (Lipinski definition) is 3. The minimum atomic E-state index is -3.14. The van der Waals surface area contributed by atoms with Gasteiger partial charge >= 0.3 is 0 Å². The Morgan fingerprint density at radius 1 is 1.21 bits per heavy atom. The number of carbonyl (C=O) groups is 1. The van der Waals surface area contributed by atoms with Gasteiger partial charge in [0.2, 0.25) is 5.91 Å². The molecule has 1 N–H and O–H groups in total. The Labute approximate surface area is 115 Å². The van der Waals surface area contributed by atoms with Crippen molar-refractivity contribution in [1.82, 2.24) is 5.32 Å². The van der Waals surface area contributed by atoms with E-state index in [-0.39, 0.29) is 5.91 Å². The second-order valence-corrected chi connectivity index (χ2v) is 7.13. The van der Waals surface area contributed by atoms with Gasteiger partial charge in [-0.05, 0) is 30.0 Å². The van der Waals surface area contributed by atoms with Crippen molar-refractivity contribution in [3.63, 3.8) is 0 Å². The molecular formula is C14H21NO3S. The standard InChI is InChI=1S/C14H21NO3S/c1-11(2)10-14(16)15-9-8-12-4-6-13(7-5-12)19(3,17)18/h4-7,11H,8-10H2,1-3H3,(H,15,16). The van der Waals surface area contributed by atoms with E-state index in [0.29, 0.717) is 30.2 Å². The zero-order valence-electron chi connectivity index (χ0n) is 11.6. The highest BCUT2D eigenvalue weighted by molar-refractivity contribution is 7.90. The number of nitrogens with one attached hydrogen (secondary N) is 1. The van der Waals surface area contributed by atoms with Gasteiger partial charge in [-0.25, -0.2) is 8.42 Å². The minimum absolute atomic E-state index is 0.0581. The van der Waals surface area contributed by atoms with E-state index >= 15 is 0 Å². The molecule has 0 aliphatic carbocycles. The van der Waals surface area contributed by atoms with Crippen molar-refractivity contribution in [3.8, 4) is 0 Å². The lowest BCUT2D eigenvalue weighted by molar-refractivity contribution is -0.121. The highest BCUT2D eigenvalue weighted by Gasteiger charge is 2.07. The number of rotatable bonds is 6. The normalized spacial score (nSPS) is 11.6. The maximum atomic E-state index is 11.4. The van der Waals surface area contributed by atoms with Crippen molar-refractivity contribution in [3.05, 3.63) is 29.8 Å². The van der Waals surface area contributed by atoms with Crippen LogP contribution in [0.3, 0.4) is 0 Å². The number of amides is 1. The lowest BCUT2D eigenvalue weighted by Gasteiger charge is -2.07. The summed E-state index contributed by atoms with van der Waals surface area (Å²) in [6.07, 6.45) is 2.43. The minimum Gasteiger partial charge on any atom is -0.356 e. The Balaban J connectivity index is 2.45. The Bertz CT molecular complexity index is 518. The van der Waals surface area contributed by atoms with Gasteiger partial charge in [0.25, 0.3) is 0 Å². The molecule has 0 spiro atoms. The average molecular weight is 283 g/mol. The molecule has 19 heavy (non-hydrogen) atoms. The average Bonchev–Trinajstić information content (AvgIpc) is 2.27. The molecule has 106 valence electrons. The van der Waals surface area contributed by atoms with E-state index in [9.17, 15) is 13.2 Å². The summed E-state index contributed by atoms with van der Waals surface area (Å²) < 4.78 is 22.6. The molecular weight excluding hydrogens is 262 g/mol. The van der Waals surface area contributed by atoms with E-state index in [2.05, 4.69) is 5.32 Å². The van der Waals surface area contributed by atoms with Crippen LogP contribution in [-0.4, -0.2) is 27.1 Å². The summed E-state index contributed by atoms with van der Waals surface area (Å²) >= 11 is 0. The van der Waals surface area contributed by atoms with Crippen LogP contribution in [0, 0.1) is 5.92 Å². The molecule has 0 saturated heterocycles. The van der Waals surface area contributed by atoms with Crippen molar-refractivity contribution < 1.29 is 13.2 Å². The first-order valence-corrected chi connectivity index (χ1v) is 8.24. The van der Waals surface area contributed by atoms with Gasteiger partial charge in [-0.1, -0.05) is 26.0 Å². The molecule has 0 unspecified atom stereocenters. The molecule has 0 radical (unpaired) electrons. The molecule has 0 saturated carbocycles. The molecule has 1 aromatic carbocycles. The topological polar surface area (TPSA) is 63.2 Å². The molecule has 0 aliphatic rings. The van der Waals surface area contributed by atoms with Crippen LogP contribution in [0.15, 0.2) is 29.2 Å². The van der Waals surface area contributed by atoms with Gasteiger partial charge in [-0.15, -0.1) is 0 Å². The van der Waals surface area contributed by atoms with Gasteiger partial charge in [0, 0.05) is 19.2 Å². The molecule has 0 heterocycles. The Kier molecular flexibility index (Phi) is 5.54. The fraction of sp³-hybridized carbons (Fsp3) is 0.500. The zero-order chi connectivity index (χ0) is 14.5. The van der Waals surface area contributed by atoms with E-state index in [1.807, 2.05) is 13.8 Å². The molecule has 5 heteroatoms. The number of benzene rings is 1. The van der Waals surface area contributed by atoms with E-state index in [4.69, 9.17) is 0 Å². The molecule has 1 aromatic rings. The highest BCUT2D eigenvalue weighted by Crippen LogP contribution is 2.10. The van der Waals surface area contributed by atoms with Gasteiger partial charge in [0.1, 0.15) is 0 Å². The summed E-state index contributed by atoms with van der Waals surface area (Å²) in [6, 6.07) is 6.76. The first kappa shape index (κ1) is 15.7. The van der Waals surface area contributed by atoms with Crippen LogP contribution >= 0.6 is 0 Å². The van der Waals surface area contributed by atoms with Crippen molar-refractivity contribution >= 4 is 15.7 Å². The third-order valence-electron chi connectivity index (χ3n) is 2.68. The van der Waals surface area contributed by atoms with Crippen LogP contribution in [0.4, 0.5) is 0 Å². The quantitative estimate of drug-likeness (QED) is 0.866. The van der Waals surface area contributed by atoms with Gasteiger partial charge in [0.15, 0.2) is 9.84 Å². The van der Waals surface area contributed by atoms with Crippen LogP contribution < -0.4 is 5.32 Å². The monoisotopic (exact) mass is 283 g/mol. The molecule has 0 aliphatic heterocycles. The Morgan fingerprint density at radius 2 is 1.79 bits per heavy atom. The Hall–Kier alpha value is -1.36. The van der Waals surface area contributed by atoms with Crippen LogP contribution in [0.25, 0.3) is 0 Å². The lowest BCUT2D eigenvalue weighted by Crippen LogP contribution is -2.26. The summed E-state index contributed by atoms with van der Waals surface area (Å²) in [5.74, 6) is 0.414. The summed E-state index contributed by atoms with van der Waals surface area (Å²) in [5.41, 5.74) is 1.01. The molecule has 4 nitrogen and oxygen atoms in total. The summed E-state index contributed by atoms with van der Waals surface area (Å²) in [4.78, 5) is 11.8. The van der Waals surface area contributed by atoms with E-state index in [1.165, 1.54) is 6.26 Å². The summed E-state index contributed by atoms with van der Waals surface area (Å²) in [6.45, 7) is 4.58. The van der Waals surface area contributed by atoms with Gasteiger partial charge in [0.05, 0.1) is 4.90 Å². The number of carbonyl (C=O) groups excluding carboxylic acids is 1. The van der Waals surface area contributed by atoms with Gasteiger partial charge in [-0.3, -0.25) is 4.79 Å². The predicted octanol–water partition coefficient (Wildman–Crippen LogP) is 1.79. The van der Waals surface area contributed by atoms with E-state index < -0.39 is 9.84 Å². The van der Waals surface area contributed by atoms with Crippen LogP contribution in [0.2, 0.25) is 0 Å². The van der Waals surface area contributed by atoms with Crippen molar-refractivity contribution in [2.75, 3.05) is 12.8 Å². The fourth-order valence-electron chi connectivity index (χ4n) is 1.69. The Morgan fingerprint density at radius 3 is 2.26 bits per heavy atom. The van der Waals surface area contributed by atoms with E-state index in [0.717, 1.165) is 5.56 Å². The first-order chi connectivity index (χ1) is 8.79. The SMILES string of the molecule is CC(C)CC(=O)NCCc1ccc(S(C)(=O)=O)cc1. The lowest BCUT2D eigenvalue weighted by atomic mass is 10.1. The second kappa shape index (κ2) is 6.70. The number of hydrogen-bond donors (Lipinski definition) is 1. The largest absolute Gasteiger partial charge is 0.356 e. The molecule has 0 fully saturated rings. The van der Waals surface area contributed by atoms with Crippen molar-refractivity contribution in [2.24, 2.45) is 5.92 Å². The molecule has 0 atom stereocenters. The maximum Gasteiger partial charge on any atom is 0.220 e. The molecule has 1 rings (SSSR count). The van der Waals surface area contributed by atoms with Gasteiger partial charge in [-0.2, -0.15) is 0 Å². The fourth-order valence-corrected chi connectivity index (χ4v) is 2.32. The van der Waals surface area contributed by atoms with Crippen molar-refractivity contribution in [1.29, 1.82) is 0 Å². The first-order valence-electron chi connectivity index (χ1n) is 6.34. The third kappa shape index (κ3) is 5.87. The third-order valence-corrected chi connectivity index (χ3v) is 3.81. The second-order valence-electron chi connectivity index (χ2n) is 5.11. The van der Waals surface area contributed by atoms with Crippen LogP contribution in [0.5, 0.6) is 0 Å². The molecule has 0 bridgehead atoms. The maximum absolute atomic E-state index is 11.4. The molecule has 1 amide bonds. The summed E-state index contributed by atoms with van der Waals surface area (Å²) in [5, 5.41) is 2.85. The highest BCUT2D eigenvalue weighted by atomic mass is 32.2. The smallest absolute Gasteiger partial charge is 0.220 e. The van der Waals surface area contributed by atoms with Crippen molar-refractivity contribution in [2.45, 2.75) is 31.6 Å². The van der Waals surface area contributed by atoms with Gasteiger partial charge < -0.3 is 5.32 Å². The van der Waals surface area contributed by atoms with E-state index in [1.54, 1.807) is 24.3 Å².